The van der Waals surface area contributed by atoms with Crippen molar-refractivity contribution in [1.82, 2.24) is 24.6 Å². The molecule has 3 heterocycles. The number of carbonyl (C=O) groups excluding carboxylic acids is 1. The highest BCUT2D eigenvalue weighted by molar-refractivity contribution is 7.98. The van der Waals surface area contributed by atoms with Gasteiger partial charge in [0.1, 0.15) is 12.1 Å². The smallest absolute Gasteiger partial charge is 0.321 e. The minimum absolute atomic E-state index is 0.0715. The maximum atomic E-state index is 12.6. The van der Waals surface area contributed by atoms with E-state index < -0.39 is 0 Å². The Morgan fingerprint density at radius 3 is 2.64 bits per heavy atom. The van der Waals surface area contributed by atoms with E-state index in [0.29, 0.717) is 26.2 Å². The molecular formula is C19H21N7OS. The highest BCUT2D eigenvalue weighted by Crippen LogP contribution is 2.20. The molecule has 1 fully saturated rings. The molecule has 28 heavy (non-hydrogen) atoms. The molecule has 2 amide bonds. The molecule has 1 aliphatic rings. The van der Waals surface area contributed by atoms with Crippen molar-refractivity contribution in [3.63, 3.8) is 0 Å². The lowest BCUT2D eigenvalue weighted by molar-refractivity contribution is 0.208. The molecule has 8 nitrogen and oxygen atoms in total. The van der Waals surface area contributed by atoms with Crippen LogP contribution in [0.1, 0.15) is 0 Å². The molecule has 0 spiro atoms. The number of amides is 2. The fourth-order valence-electron chi connectivity index (χ4n) is 3.08. The minimum atomic E-state index is -0.0715. The van der Waals surface area contributed by atoms with Crippen LogP contribution in [0.3, 0.4) is 0 Å². The van der Waals surface area contributed by atoms with E-state index in [4.69, 9.17) is 0 Å². The Morgan fingerprint density at radius 2 is 1.89 bits per heavy atom. The first-order chi connectivity index (χ1) is 13.7. The molecule has 0 unspecified atom stereocenters. The van der Waals surface area contributed by atoms with Crippen LogP contribution in [-0.4, -0.2) is 63.1 Å². The zero-order valence-electron chi connectivity index (χ0n) is 15.5. The van der Waals surface area contributed by atoms with Crippen molar-refractivity contribution in [2.45, 2.75) is 4.90 Å². The second-order valence-electron chi connectivity index (χ2n) is 6.32. The van der Waals surface area contributed by atoms with E-state index in [1.165, 1.54) is 0 Å². The van der Waals surface area contributed by atoms with Crippen molar-refractivity contribution in [3.05, 3.63) is 55.1 Å². The predicted octanol–water partition coefficient (Wildman–Crippen LogP) is 2.74. The maximum absolute atomic E-state index is 12.6. The molecule has 4 rings (SSSR count). The molecule has 2 aromatic heterocycles. The summed E-state index contributed by atoms with van der Waals surface area (Å²) in [5.41, 5.74) is 0.818. The number of carbonyl (C=O) groups is 1. The van der Waals surface area contributed by atoms with Crippen LogP contribution in [0.4, 0.5) is 16.3 Å². The molecule has 1 aliphatic heterocycles. The zero-order valence-corrected chi connectivity index (χ0v) is 16.3. The fraction of sp³-hybridized carbons (Fsp3) is 0.263. The summed E-state index contributed by atoms with van der Waals surface area (Å²) in [6, 6.07) is 11.6. The van der Waals surface area contributed by atoms with Gasteiger partial charge >= 0.3 is 6.03 Å². The number of aromatic nitrogens is 4. The summed E-state index contributed by atoms with van der Waals surface area (Å²) in [6.45, 7) is 2.70. The third kappa shape index (κ3) is 4.09. The van der Waals surface area contributed by atoms with E-state index >= 15 is 0 Å². The lowest BCUT2D eigenvalue weighted by atomic mass is 10.3. The number of thioether (sulfide) groups is 1. The molecule has 3 aromatic rings. The third-order valence-electron chi connectivity index (χ3n) is 4.59. The van der Waals surface area contributed by atoms with Crippen LogP contribution in [0.2, 0.25) is 0 Å². The van der Waals surface area contributed by atoms with Crippen molar-refractivity contribution in [2.75, 3.05) is 42.7 Å². The van der Waals surface area contributed by atoms with Gasteiger partial charge in [-0.15, -0.1) is 11.8 Å². The van der Waals surface area contributed by atoms with Gasteiger partial charge in [0.15, 0.2) is 5.82 Å². The van der Waals surface area contributed by atoms with Gasteiger partial charge in [0.05, 0.1) is 0 Å². The molecule has 1 saturated heterocycles. The lowest BCUT2D eigenvalue weighted by Gasteiger charge is -2.35. The van der Waals surface area contributed by atoms with Gasteiger partial charge in [0, 0.05) is 55.2 Å². The molecule has 0 bridgehead atoms. The monoisotopic (exact) mass is 395 g/mol. The van der Waals surface area contributed by atoms with Crippen molar-refractivity contribution in [2.24, 2.45) is 0 Å². The molecule has 0 radical (unpaired) electrons. The number of hydrogen-bond donors (Lipinski definition) is 1. The van der Waals surface area contributed by atoms with E-state index in [1.54, 1.807) is 29.0 Å². The van der Waals surface area contributed by atoms with Crippen LogP contribution in [0, 0.1) is 0 Å². The lowest BCUT2D eigenvalue weighted by Crippen LogP contribution is -2.50. The minimum Gasteiger partial charge on any atom is -0.353 e. The van der Waals surface area contributed by atoms with Gasteiger partial charge in [0.25, 0.3) is 0 Å². The normalized spacial score (nSPS) is 14.2. The molecule has 0 atom stereocenters. The van der Waals surface area contributed by atoms with E-state index in [0.717, 1.165) is 22.2 Å². The molecule has 9 heteroatoms. The summed E-state index contributed by atoms with van der Waals surface area (Å²) in [4.78, 5) is 26.3. The number of benzene rings is 1. The van der Waals surface area contributed by atoms with Crippen LogP contribution in [0.5, 0.6) is 0 Å². The van der Waals surface area contributed by atoms with Crippen molar-refractivity contribution in [3.8, 4) is 5.82 Å². The number of rotatable bonds is 4. The van der Waals surface area contributed by atoms with Gasteiger partial charge in [-0.2, -0.15) is 5.10 Å². The number of anilines is 2. The van der Waals surface area contributed by atoms with Crippen molar-refractivity contribution < 1.29 is 4.79 Å². The summed E-state index contributed by atoms with van der Waals surface area (Å²) >= 11 is 1.65. The Morgan fingerprint density at radius 1 is 1.07 bits per heavy atom. The summed E-state index contributed by atoms with van der Waals surface area (Å²) in [7, 11) is 0. The highest BCUT2D eigenvalue weighted by atomic mass is 32.2. The van der Waals surface area contributed by atoms with Gasteiger partial charge in [-0.3, -0.25) is 0 Å². The molecule has 1 N–H and O–H groups in total. The molecule has 144 valence electrons. The van der Waals surface area contributed by atoms with Gasteiger partial charge in [-0.05, 0) is 30.5 Å². The van der Waals surface area contributed by atoms with Crippen LogP contribution in [0.15, 0.2) is 60.0 Å². The van der Waals surface area contributed by atoms with Crippen LogP contribution < -0.4 is 10.2 Å². The standard InChI is InChI=1S/C19H21N7OS/c1-28-16-5-2-4-15(12-16)23-19(27)25-10-8-24(9-11-25)17-13-18(21-14-20-17)26-7-3-6-22-26/h2-7,12-14H,8-11H2,1H3,(H,23,27). The van der Waals surface area contributed by atoms with Gasteiger partial charge < -0.3 is 15.1 Å². The number of nitrogens with one attached hydrogen (secondary N) is 1. The highest BCUT2D eigenvalue weighted by Gasteiger charge is 2.22. The Kier molecular flexibility index (Phi) is 5.43. The predicted molar refractivity (Wildman–Crippen MR) is 110 cm³/mol. The first-order valence-corrected chi connectivity index (χ1v) is 10.2. The molecule has 0 aliphatic carbocycles. The van der Waals surface area contributed by atoms with Crippen LogP contribution in [-0.2, 0) is 0 Å². The molecular weight excluding hydrogens is 374 g/mol. The van der Waals surface area contributed by atoms with Gasteiger partial charge in [-0.1, -0.05) is 6.07 Å². The number of hydrogen-bond acceptors (Lipinski definition) is 6. The molecule has 0 saturated carbocycles. The Balaban J connectivity index is 1.37. The average molecular weight is 395 g/mol. The Hall–Kier alpha value is -3.07. The first-order valence-electron chi connectivity index (χ1n) is 9.00. The Labute approximate surface area is 167 Å². The van der Waals surface area contributed by atoms with E-state index in [2.05, 4.69) is 25.3 Å². The second kappa shape index (κ2) is 8.30. The van der Waals surface area contributed by atoms with Gasteiger partial charge in [-0.25, -0.2) is 19.4 Å². The SMILES string of the molecule is CSc1cccc(NC(=O)N2CCN(c3cc(-n4cccn4)ncn3)CC2)c1. The number of nitrogens with zero attached hydrogens (tertiary/aromatic N) is 6. The average Bonchev–Trinajstić information content (AvgIpc) is 3.29. The fourth-order valence-corrected chi connectivity index (χ4v) is 3.54. The van der Waals surface area contributed by atoms with Crippen LogP contribution in [0.25, 0.3) is 5.82 Å². The van der Waals surface area contributed by atoms with E-state index in [9.17, 15) is 4.79 Å². The number of piperazine rings is 1. The maximum Gasteiger partial charge on any atom is 0.321 e. The van der Waals surface area contributed by atoms with Crippen molar-refractivity contribution in [1.29, 1.82) is 0 Å². The summed E-state index contributed by atoms with van der Waals surface area (Å²) in [5.74, 6) is 1.57. The number of urea groups is 1. The van der Waals surface area contributed by atoms with Gasteiger partial charge in [0.2, 0.25) is 0 Å². The second-order valence-corrected chi connectivity index (χ2v) is 7.20. The summed E-state index contributed by atoms with van der Waals surface area (Å²) in [5, 5.41) is 7.19. The first kappa shape index (κ1) is 18.3. The van der Waals surface area contributed by atoms with E-state index in [1.807, 2.05) is 53.8 Å². The Bertz CT molecular complexity index is 939. The van der Waals surface area contributed by atoms with E-state index in [-0.39, 0.29) is 6.03 Å². The summed E-state index contributed by atoms with van der Waals surface area (Å²) in [6.07, 6.45) is 7.13. The van der Waals surface area contributed by atoms with Crippen LogP contribution >= 0.6 is 11.8 Å². The topological polar surface area (TPSA) is 79.2 Å². The largest absolute Gasteiger partial charge is 0.353 e. The summed E-state index contributed by atoms with van der Waals surface area (Å²) < 4.78 is 1.71. The quantitative estimate of drug-likeness (QED) is 0.685. The van der Waals surface area contributed by atoms with Crippen molar-refractivity contribution >= 4 is 29.3 Å². The zero-order chi connectivity index (χ0) is 19.3. The molecule has 1 aromatic carbocycles. The third-order valence-corrected chi connectivity index (χ3v) is 5.31.